The van der Waals surface area contributed by atoms with E-state index in [2.05, 4.69) is 15.3 Å². The van der Waals surface area contributed by atoms with E-state index < -0.39 is 5.97 Å². The molecule has 0 saturated carbocycles. The van der Waals surface area contributed by atoms with Crippen molar-refractivity contribution in [2.24, 2.45) is 0 Å². The van der Waals surface area contributed by atoms with Crippen LogP contribution in [0.1, 0.15) is 10.4 Å². The number of anilines is 2. The van der Waals surface area contributed by atoms with Crippen LogP contribution in [0.5, 0.6) is 11.5 Å². The first-order valence-corrected chi connectivity index (χ1v) is 7.09. The summed E-state index contributed by atoms with van der Waals surface area (Å²) in [6, 6.07) is 10.0. The lowest BCUT2D eigenvalue weighted by atomic mass is 10.2. The minimum atomic E-state index is -0.988. The summed E-state index contributed by atoms with van der Waals surface area (Å²) in [5.74, 6) is 0.686. The van der Waals surface area contributed by atoms with E-state index in [-0.39, 0.29) is 18.0 Å². The highest BCUT2D eigenvalue weighted by molar-refractivity contribution is 5.94. The Hall–Kier alpha value is -3.06. The number of rotatable bonds is 5. The van der Waals surface area contributed by atoms with Crippen LogP contribution in [-0.4, -0.2) is 35.3 Å². The van der Waals surface area contributed by atoms with E-state index in [0.29, 0.717) is 28.5 Å². The lowest BCUT2D eigenvalue weighted by Crippen LogP contribution is -2.00. The Kier molecular flexibility index (Phi) is 5.61. The highest BCUT2D eigenvalue weighted by atomic mass is 35.5. The van der Waals surface area contributed by atoms with Gasteiger partial charge in [-0.05, 0) is 24.3 Å². The van der Waals surface area contributed by atoms with E-state index >= 15 is 0 Å². The Balaban J connectivity index is 0.00000225. The third kappa shape index (κ3) is 3.72. The quantitative estimate of drug-likeness (QED) is 0.718. The summed E-state index contributed by atoms with van der Waals surface area (Å²) in [5.41, 5.74) is 1.49. The van der Waals surface area contributed by atoms with Gasteiger partial charge in [0.05, 0.1) is 25.3 Å². The number of halogens is 1. The maximum absolute atomic E-state index is 11.1. The summed E-state index contributed by atoms with van der Waals surface area (Å²) in [6.45, 7) is 0. The molecule has 0 aliphatic heterocycles. The Bertz CT molecular complexity index is 918. The monoisotopic (exact) mass is 361 g/mol. The third-order valence-corrected chi connectivity index (χ3v) is 3.51. The fraction of sp³-hybridized carbons (Fsp3) is 0.118. The molecule has 0 amide bonds. The zero-order valence-electron chi connectivity index (χ0n) is 13.5. The molecule has 25 heavy (non-hydrogen) atoms. The molecule has 3 rings (SSSR count). The fourth-order valence-corrected chi connectivity index (χ4v) is 2.35. The van der Waals surface area contributed by atoms with Crippen LogP contribution in [0.4, 0.5) is 11.5 Å². The molecule has 130 valence electrons. The third-order valence-electron chi connectivity index (χ3n) is 3.51. The molecule has 0 radical (unpaired) electrons. The number of benzene rings is 2. The molecule has 0 saturated heterocycles. The molecule has 1 aromatic heterocycles. The molecule has 2 aromatic carbocycles. The summed E-state index contributed by atoms with van der Waals surface area (Å²) >= 11 is 0. The number of nitrogens with zero attached hydrogens (tertiary/aromatic N) is 2. The van der Waals surface area contributed by atoms with Gasteiger partial charge in [0.2, 0.25) is 0 Å². The van der Waals surface area contributed by atoms with Crippen LogP contribution in [0.25, 0.3) is 10.9 Å². The number of aromatic nitrogens is 2. The average Bonchev–Trinajstić information content (AvgIpc) is 2.61. The van der Waals surface area contributed by atoms with Crippen LogP contribution in [0.3, 0.4) is 0 Å². The zero-order chi connectivity index (χ0) is 17.1. The average molecular weight is 362 g/mol. The summed E-state index contributed by atoms with van der Waals surface area (Å²) in [5, 5.41) is 12.9. The number of carbonyl (C=O) groups is 1. The van der Waals surface area contributed by atoms with Gasteiger partial charge in [0, 0.05) is 17.1 Å². The van der Waals surface area contributed by atoms with Gasteiger partial charge in [-0.25, -0.2) is 14.8 Å². The van der Waals surface area contributed by atoms with Gasteiger partial charge in [-0.15, -0.1) is 12.4 Å². The van der Waals surface area contributed by atoms with Crippen molar-refractivity contribution >= 4 is 40.8 Å². The topological polar surface area (TPSA) is 93.6 Å². The number of nitrogens with one attached hydrogen (secondary N) is 1. The molecule has 1 heterocycles. The zero-order valence-corrected chi connectivity index (χ0v) is 14.3. The summed E-state index contributed by atoms with van der Waals surface area (Å²) in [7, 11) is 3.11. The Labute approximate surface area is 150 Å². The number of fused-ring (bicyclic) bond motifs is 1. The largest absolute Gasteiger partial charge is 0.493 e. The molecule has 0 aliphatic carbocycles. The van der Waals surface area contributed by atoms with Crippen LogP contribution >= 0.6 is 12.4 Å². The van der Waals surface area contributed by atoms with E-state index in [1.54, 1.807) is 38.5 Å². The second-order valence-electron chi connectivity index (χ2n) is 4.96. The van der Waals surface area contributed by atoms with Gasteiger partial charge in [-0.1, -0.05) is 6.07 Å². The molecule has 0 unspecified atom stereocenters. The first kappa shape index (κ1) is 18.3. The highest BCUT2D eigenvalue weighted by Crippen LogP contribution is 2.34. The molecular weight excluding hydrogens is 346 g/mol. The maximum Gasteiger partial charge on any atom is 0.335 e. The smallest absolute Gasteiger partial charge is 0.335 e. The SMILES string of the molecule is COc1cc2ncnc(Nc3cccc(C(=O)O)c3)c2cc1OC.Cl. The van der Waals surface area contributed by atoms with Crippen LogP contribution in [-0.2, 0) is 0 Å². The standard InChI is InChI=1S/C17H15N3O4.ClH/c1-23-14-7-12-13(8-15(14)24-2)18-9-19-16(12)20-11-5-3-4-10(6-11)17(21)22;/h3-9H,1-2H3,(H,21,22)(H,18,19,20);1H. The maximum atomic E-state index is 11.1. The number of aromatic carboxylic acids is 1. The number of hydrogen-bond acceptors (Lipinski definition) is 6. The second kappa shape index (κ2) is 7.67. The Morgan fingerprint density at radius 3 is 2.48 bits per heavy atom. The Morgan fingerprint density at radius 1 is 1.08 bits per heavy atom. The van der Waals surface area contributed by atoms with Crippen molar-refractivity contribution in [2.45, 2.75) is 0 Å². The van der Waals surface area contributed by atoms with E-state index in [0.717, 1.165) is 5.39 Å². The summed E-state index contributed by atoms with van der Waals surface area (Å²) in [4.78, 5) is 19.6. The van der Waals surface area contributed by atoms with Gasteiger partial charge < -0.3 is 19.9 Å². The van der Waals surface area contributed by atoms with Crippen molar-refractivity contribution in [1.82, 2.24) is 9.97 Å². The predicted octanol–water partition coefficient (Wildman–Crippen LogP) is 3.51. The van der Waals surface area contributed by atoms with Crippen LogP contribution < -0.4 is 14.8 Å². The molecule has 7 nitrogen and oxygen atoms in total. The first-order chi connectivity index (χ1) is 11.6. The summed E-state index contributed by atoms with van der Waals surface area (Å²) < 4.78 is 10.6. The van der Waals surface area contributed by atoms with Gasteiger partial charge in [0.1, 0.15) is 12.1 Å². The number of carboxylic acids is 1. The molecular formula is C17H16ClN3O4. The normalized spacial score (nSPS) is 10.0. The van der Waals surface area contributed by atoms with E-state index in [4.69, 9.17) is 14.6 Å². The van der Waals surface area contributed by atoms with E-state index in [1.165, 1.54) is 18.5 Å². The van der Waals surface area contributed by atoms with Gasteiger partial charge in [-0.3, -0.25) is 0 Å². The van der Waals surface area contributed by atoms with Crippen LogP contribution in [0.2, 0.25) is 0 Å². The number of hydrogen-bond donors (Lipinski definition) is 2. The lowest BCUT2D eigenvalue weighted by Gasteiger charge is -2.12. The highest BCUT2D eigenvalue weighted by Gasteiger charge is 2.11. The number of carboxylic acid groups (broad SMARTS) is 1. The molecule has 0 bridgehead atoms. The minimum absolute atomic E-state index is 0. The van der Waals surface area contributed by atoms with Crippen LogP contribution in [0.15, 0.2) is 42.7 Å². The molecule has 0 aliphatic rings. The van der Waals surface area contributed by atoms with Gasteiger partial charge >= 0.3 is 5.97 Å². The van der Waals surface area contributed by atoms with Crippen molar-refractivity contribution < 1.29 is 19.4 Å². The van der Waals surface area contributed by atoms with Gasteiger partial charge in [0.15, 0.2) is 11.5 Å². The van der Waals surface area contributed by atoms with E-state index in [1.807, 2.05) is 0 Å². The fourth-order valence-electron chi connectivity index (χ4n) is 2.35. The number of ether oxygens (including phenoxy) is 2. The van der Waals surface area contributed by atoms with Crippen molar-refractivity contribution in [3.8, 4) is 11.5 Å². The summed E-state index contributed by atoms with van der Waals surface area (Å²) in [6.07, 6.45) is 1.43. The van der Waals surface area contributed by atoms with Gasteiger partial charge in [-0.2, -0.15) is 0 Å². The van der Waals surface area contributed by atoms with Gasteiger partial charge in [0.25, 0.3) is 0 Å². The van der Waals surface area contributed by atoms with E-state index in [9.17, 15) is 4.79 Å². The second-order valence-corrected chi connectivity index (χ2v) is 4.96. The molecule has 0 spiro atoms. The van der Waals surface area contributed by atoms with Crippen molar-refractivity contribution in [1.29, 1.82) is 0 Å². The molecule has 2 N–H and O–H groups in total. The van der Waals surface area contributed by atoms with Crippen molar-refractivity contribution in [3.05, 3.63) is 48.3 Å². The molecule has 0 atom stereocenters. The first-order valence-electron chi connectivity index (χ1n) is 7.09. The number of methoxy groups -OCH3 is 2. The molecule has 3 aromatic rings. The van der Waals surface area contributed by atoms with Crippen molar-refractivity contribution in [2.75, 3.05) is 19.5 Å². The van der Waals surface area contributed by atoms with Crippen molar-refractivity contribution in [3.63, 3.8) is 0 Å². The minimum Gasteiger partial charge on any atom is -0.493 e. The predicted molar refractivity (Wildman–Crippen MR) is 96.6 cm³/mol. The van der Waals surface area contributed by atoms with Crippen LogP contribution in [0, 0.1) is 0 Å². The molecule has 0 fully saturated rings. The Morgan fingerprint density at radius 2 is 1.80 bits per heavy atom. The molecule has 8 heteroatoms. The lowest BCUT2D eigenvalue weighted by molar-refractivity contribution is 0.0697.